The number of anilines is 1. The summed E-state index contributed by atoms with van der Waals surface area (Å²) in [6.45, 7) is 5.27. The molecule has 2 amide bonds. The average molecular weight is 418 g/mol. The molecule has 7 nitrogen and oxygen atoms in total. The van der Waals surface area contributed by atoms with Crippen molar-refractivity contribution in [3.05, 3.63) is 66.1 Å². The summed E-state index contributed by atoms with van der Waals surface area (Å²) in [5.41, 5.74) is 3.44. The first kappa shape index (κ1) is 20.9. The third-order valence-corrected chi connectivity index (χ3v) is 5.71. The number of hydrogen-bond donors (Lipinski definition) is 2. The molecule has 0 spiro atoms. The van der Waals surface area contributed by atoms with E-state index in [0.29, 0.717) is 18.2 Å². The van der Waals surface area contributed by atoms with Crippen LogP contribution in [-0.4, -0.2) is 46.3 Å². The molecule has 0 bridgehead atoms. The maximum absolute atomic E-state index is 12.4. The van der Waals surface area contributed by atoms with Crippen molar-refractivity contribution in [3.63, 3.8) is 0 Å². The van der Waals surface area contributed by atoms with E-state index in [4.69, 9.17) is 0 Å². The first-order valence-corrected chi connectivity index (χ1v) is 10.7. The zero-order valence-corrected chi connectivity index (χ0v) is 17.7. The van der Waals surface area contributed by atoms with Crippen LogP contribution in [0.15, 0.2) is 54.9 Å². The van der Waals surface area contributed by atoms with Crippen LogP contribution in [0.1, 0.15) is 24.1 Å². The average Bonchev–Trinajstić information content (AvgIpc) is 2.79. The number of nitrogens with zero attached hydrogens (tertiary/aromatic N) is 3. The van der Waals surface area contributed by atoms with Gasteiger partial charge in [0.25, 0.3) is 0 Å². The Bertz CT molecular complexity index is 1060. The van der Waals surface area contributed by atoms with Crippen molar-refractivity contribution in [2.75, 3.05) is 25.0 Å². The number of benzene rings is 1. The van der Waals surface area contributed by atoms with Gasteiger partial charge in [0.15, 0.2) is 0 Å². The van der Waals surface area contributed by atoms with Crippen molar-refractivity contribution in [2.24, 2.45) is 5.92 Å². The minimum atomic E-state index is -0.647. The van der Waals surface area contributed by atoms with Crippen LogP contribution in [0.2, 0.25) is 0 Å². The Kier molecular flexibility index (Phi) is 6.52. The molecule has 7 heteroatoms. The molecule has 4 rings (SSSR count). The summed E-state index contributed by atoms with van der Waals surface area (Å²) in [7, 11) is 0. The molecule has 1 aliphatic heterocycles. The van der Waals surface area contributed by atoms with Gasteiger partial charge in [0.1, 0.15) is 0 Å². The van der Waals surface area contributed by atoms with E-state index in [9.17, 15) is 9.59 Å². The zero-order chi connectivity index (χ0) is 21.6. The molecule has 1 saturated heterocycles. The molecule has 0 unspecified atom stereocenters. The van der Waals surface area contributed by atoms with Crippen LogP contribution in [0.3, 0.4) is 0 Å². The van der Waals surface area contributed by atoms with Gasteiger partial charge in [-0.15, -0.1) is 0 Å². The Balaban J connectivity index is 1.26. The Morgan fingerprint density at radius 2 is 1.81 bits per heavy atom. The molecule has 1 aromatic carbocycles. The standard InChI is InChI=1S/C24H27N5O2/c1-17-14-22(20-4-2-3-5-21(20)27-17)28-24(31)23(30)26-15-18-8-12-29(13-9-18)16-19-6-10-25-11-7-19/h2-7,10-11,14,18H,8-9,12-13,15-16H2,1H3,(H,26,30)(H,27,28,31). The number of pyridine rings is 2. The highest BCUT2D eigenvalue weighted by Crippen LogP contribution is 2.23. The first-order chi connectivity index (χ1) is 15.1. The van der Waals surface area contributed by atoms with E-state index < -0.39 is 11.8 Å². The fourth-order valence-electron chi connectivity index (χ4n) is 4.00. The van der Waals surface area contributed by atoms with Gasteiger partial charge < -0.3 is 10.6 Å². The summed E-state index contributed by atoms with van der Waals surface area (Å²) >= 11 is 0. The number of piperidine rings is 1. The molecule has 2 N–H and O–H groups in total. The molecule has 2 aromatic heterocycles. The Labute approximate surface area is 181 Å². The Morgan fingerprint density at radius 3 is 2.58 bits per heavy atom. The zero-order valence-electron chi connectivity index (χ0n) is 17.7. The van der Waals surface area contributed by atoms with Crippen molar-refractivity contribution in [3.8, 4) is 0 Å². The largest absolute Gasteiger partial charge is 0.348 e. The van der Waals surface area contributed by atoms with Gasteiger partial charge in [0.2, 0.25) is 0 Å². The number of nitrogens with one attached hydrogen (secondary N) is 2. The third-order valence-electron chi connectivity index (χ3n) is 5.71. The van der Waals surface area contributed by atoms with Crippen LogP contribution in [0.4, 0.5) is 5.69 Å². The molecule has 1 fully saturated rings. The number of likely N-dealkylation sites (tertiary alicyclic amines) is 1. The van der Waals surface area contributed by atoms with Gasteiger partial charge >= 0.3 is 11.8 Å². The number of para-hydroxylation sites is 1. The maximum atomic E-state index is 12.4. The Hall–Kier alpha value is -3.32. The van der Waals surface area contributed by atoms with Crippen molar-refractivity contribution >= 4 is 28.4 Å². The van der Waals surface area contributed by atoms with Gasteiger partial charge in [-0.3, -0.25) is 24.5 Å². The molecule has 3 heterocycles. The van der Waals surface area contributed by atoms with Gasteiger partial charge in [-0.2, -0.15) is 0 Å². The van der Waals surface area contributed by atoms with Crippen LogP contribution >= 0.6 is 0 Å². The van der Waals surface area contributed by atoms with E-state index in [0.717, 1.165) is 49.1 Å². The molecular weight excluding hydrogens is 390 g/mol. The van der Waals surface area contributed by atoms with Crippen molar-refractivity contribution < 1.29 is 9.59 Å². The third kappa shape index (κ3) is 5.44. The van der Waals surface area contributed by atoms with Crippen molar-refractivity contribution in [1.29, 1.82) is 0 Å². The number of fused-ring (bicyclic) bond motifs is 1. The quantitative estimate of drug-likeness (QED) is 0.624. The highest BCUT2D eigenvalue weighted by molar-refractivity contribution is 6.40. The van der Waals surface area contributed by atoms with E-state index in [-0.39, 0.29) is 0 Å². The number of aryl methyl sites for hydroxylation is 1. The predicted octanol–water partition coefficient (Wildman–Crippen LogP) is 2.91. The molecule has 160 valence electrons. The highest BCUT2D eigenvalue weighted by atomic mass is 16.2. The van der Waals surface area contributed by atoms with Crippen LogP contribution in [0.25, 0.3) is 10.9 Å². The highest BCUT2D eigenvalue weighted by Gasteiger charge is 2.22. The molecule has 0 aliphatic carbocycles. The van der Waals surface area contributed by atoms with Gasteiger partial charge in [-0.25, -0.2) is 0 Å². The lowest BCUT2D eigenvalue weighted by Gasteiger charge is -2.32. The van der Waals surface area contributed by atoms with E-state index >= 15 is 0 Å². The second kappa shape index (κ2) is 9.66. The van der Waals surface area contributed by atoms with Crippen LogP contribution in [0.5, 0.6) is 0 Å². The number of rotatable bonds is 5. The lowest BCUT2D eigenvalue weighted by molar-refractivity contribution is -0.136. The number of aromatic nitrogens is 2. The topological polar surface area (TPSA) is 87.2 Å². The van der Waals surface area contributed by atoms with Crippen LogP contribution in [0, 0.1) is 12.8 Å². The molecule has 0 radical (unpaired) electrons. The summed E-state index contributed by atoms with van der Waals surface area (Å²) in [6.07, 6.45) is 5.64. The van der Waals surface area contributed by atoms with Gasteiger partial charge in [-0.1, -0.05) is 18.2 Å². The smallest absolute Gasteiger partial charge is 0.313 e. The van der Waals surface area contributed by atoms with E-state index in [1.807, 2.05) is 55.7 Å². The van der Waals surface area contributed by atoms with E-state index in [1.165, 1.54) is 5.56 Å². The molecule has 31 heavy (non-hydrogen) atoms. The summed E-state index contributed by atoms with van der Waals surface area (Å²) in [4.78, 5) is 35.7. The summed E-state index contributed by atoms with van der Waals surface area (Å²) in [6, 6.07) is 13.4. The molecule has 0 saturated carbocycles. The number of amides is 2. The fraction of sp³-hybridized carbons (Fsp3) is 0.333. The summed E-state index contributed by atoms with van der Waals surface area (Å²) < 4.78 is 0. The second-order valence-electron chi connectivity index (χ2n) is 8.07. The molecular formula is C24H27N5O2. The SMILES string of the molecule is Cc1cc(NC(=O)C(=O)NCC2CCN(Cc3ccncc3)CC2)c2ccccc2n1. The van der Waals surface area contributed by atoms with Crippen LogP contribution < -0.4 is 10.6 Å². The lowest BCUT2D eigenvalue weighted by Crippen LogP contribution is -2.41. The normalized spacial score (nSPS) is 15.0. The Morgan fingerprint density at radius 1 is 1.06 bits per heavy atom. The molecule has 1 aliphatic rings. The van der Waals surface area contributed by atoms with Crippen molar-refractivity contribution in [2.45, 2.75) is 26.3 Å². The minimum Gasteiger partial charge on any atom is -0.348 e. The maximum Gasteiger partial charge on any atom is 0.313 e. The minimum absolute atomic E-state index is 0.384. The summed E-state index contributed by atoms with van der Waals surface area (Å²) in [5.74, 6) is -0.863. The number of hydrogen-bond acceptors (Lipinski definition) is 5. The fourth-order valence-corrected chi connectivity index (χ4v) is 4.00. The molecule has 3 aromatic rings. The van der Waals surface area contributed by atoms with Gasteiger partial charge in [0, 0.05) is 36.6 Å². The van der Waals surface area contributed by atoms with Crippen molar-refractivity contribution in [1.82, 2.24) is 20.2 Å². The van der Waals surface area contributed by atoms with Gasteiger partial charge in [-0.05, 0) is 68.6 Å². The van der Waals surface area contributed by atoms with Gasteiger partial charge in [0.05, 0.1) is 11.2 Å². The molecule has 0 atom stereocenters. The van der Waals surface area contributed by atoms with Crippen LogP contribution in [-0.2, 0) is 16.1 Å². The number of carbonyl (C=O) groups is 2. The number of carbonyl (C=O) groups excluding carboxylic acids is 2. The monoisotopic (exact) mass is 417 g/mol. The van der Waals surface area contributed by atoms with E-state index in [2.05, 4.69) is 25.5 Å². The lowest BCUT2D eigenvalue weighted by atomic mass is 9.96. The van der Waals surface area contributed by atoms with E-state index in [1.54, 1.807) is 6.07 Å². The first-order valence-electron chi connectivity index (χ1n) is 10.7. The predicted molar refractivity (Wildman–Crippen MR) is 120 cm³/mol. The second-order valence-corrected chi connectivity index (χ2v) is 8.07. The summed E-state index contributed by atoms with van der Waals surface area (Å²) in [5, 5.41) is 6.37.